The lowest BCUT2D eigenvalue weighted by atomic mass is 9.78. The zero-order valence-electron chi connectivity index (χ0n) is 14.4. The number of nitrogens with one attached hydrogen (secondary N) is 1. The van der Waals surface area contributed by atoms with E-state index >= 15 is 0 Å². The minimum absolute atomic E-state index is 0.232. The van der Waals surface area contributed by atoms with Crippen molar-refractivity contribution in [3.8, 4) is 0 Å². The van der Waals surface area contributed by atoms with E-state index in [9.17, 15) is 9.59 Å². The normalized spacial score (nSPS) is 15.4. The minimum atomic E-state index is -0.454. The molecule has 1 aromatic carbocycles. The summed E-state index contributed by atoms with van der Waals surface area (Å²) in [5, 5.41) is 3.81. The van der Waals surface area contributed by atoms with Crippen molar-refractivity contribution in [2.45, 2.75) is 33.1 Å². The maximum atomic E-state index is 12.6. The lowest BCUT2D eigenvalue weighted by Crippen LogP contribution is -2.20. The van der Waals surface area contributed by atoms with Crippen LogP contribution in [-0.4, -0.2) is 19.0 Å². The van der Waals surface area contributed by atoms with Crippen LogP contribution in [0.2, 0.25) is 0 Å². The topological polar surface area (TPSA) is 55.4 Å². The predicted molar refractivity (Wildman–Crippen MR) is 104 cm³/mol. The third-order valence-electron chi connectivity index (χ3n) is 4.49. The number of hydrogen-bond acceptors (Lipinski definition) is 4. The number of amides is 1. The molecule has 0 unspecified atom stereocenters. The Bertz CT molecular complexity index is 841. The van der Waals surface area contributed by atoms with Crippen LogP contribution in [0, 0.1) is 5.41 Å². The van der Waals surface area contributed by atoms with Crippen LogP contribution >= 0.6 is 27.3 Å². The molecule has 1 aliphatic carbocycles. The number of esters is 1. The van der Waals surface area contributed by atoms with Gasteiger partial charge in [-0.3, -0.25) is 4.79 Å². The Hall–Kier alpha value is -1.66. The number of ether oxygens (including phenoxy) is 1. The molecule has 1 heterocycles. The van der Waals surface area contributed by atoms with Crippen molar-refractivity contribution >= 4 is 44.1 Å². The lowest BCUT2D eigenvalue weighted by molar-refractivity contribution is 0.0600. The number of thiophene rings is 1. The lowest BCUT2D eigenvalue weighted by Gasteiger charge is -2.29. The van der Waals surface area contributed by atoms with E-state index < -0.39 is 5.97 Å². The van der Waals surface area contributed by atoms with Crippen LogP contribution in [0.1, 0.15) is 51.4 Å². The Kier molecular flexibility index (Phi) is 5.02. The first-order chi connectivity index (χ1) is 11.8. The van der Waals surface area contributed by atoms with Crippen molar-refractivity contribution < 1.29 is 14.3 Å². The van der Waals surface area contributed by atoms with Gasteiger partial charge in [-0.25, -0.2) is 4.79 Å². The van der Waals surface area contributed by atoms with E-state index in [2.05, 4.69) is 35.1 Å². The Morgan fingerprint density at radius 1 is 1.28 bits per heavy atom. The molecule has 0 saturated carbocycles. The summed E-state index contributed by atoms with van der Waals surface area (Å²) in [4.78, 5) is 25.6. The summed E-state index contributed by atoms with van der Waals surface area (Å²) >= 11 is 5.28. The fourth-order valence-corrected chi connectivity index (χ4v) is 5.33. The molecule has 6 heteroatoms. The van der Waals surface area contributed by atoms with Gasteiger partial charge in [0.15, 0.2) is 0 Å². The van der Waals surface area contributed by atoms with E-state index in [4.69, 9.17) is 4.74 Å². The Labute approximate surface area is 159 Å². The van der Waals surface area contributed by atoms with Gasteiger partial charge in [0.25, 0.3) is 5.91 Å². The van der Waals surface area contributed by atoms with E-state index in [0.717, 1.165) is 28.7 Å². The van der Waals surface area contributed by atoms with Crippen LogP contribution in [0.4, 0.5) is 5.00 Å². The second-order valence-electron chi connectivity index (χ2n) is 7.01. The number of halogens is 1. The van der Waals surface area contributed by atoms with Gasteiger partial charge >= 0.3 is 5.97 Å². The van der Waals surface area contributed by atoms with Crippen LogP contribution in [0.15, 0.2) is 28.7 Å². The average Bonchev–Trinajstić information content (AvgIpc) is 2.88. The number of fused-ring (bicyclic) bond motifs is 1. The molecule has 3 rings (SSSR count). The maximum absolute atomic E-state index is 12.6. The average molecular weight is 422 g/mol. The van der Waals surface area contributed by atoms with E-state index in [1.807, 2.05) is 0 Å². The fraction of sp³-hybridized carbons (Fsp3) is 0.368. The van der Waals surface area contributed by atoms with Gasteiger partial charge in [-0.15, -0.1) is 11.3 Å². The molecular weight excluding hydrogens is 402 g/mol. The molecule has 0 fully saturated rings. The Morgan fingerprint density at radius 3 is 2.72 bits per heavy atom. The van der Waals surface area contributed by atoms with Crippen molar-refractivity contribution in [2.24, 2.45) is 5.41 Å². The minimum Gasteiger partial charge on any atom is -0.465 e. The quantitative estimate of drug-likeness (QED) is 0.704. The zero-order chi connectivity index (χ0) is 18.2. The number of benzene rings is 1. The Morgan fingerprint density at radius 2 is 2.00 bits per heavy atom. The number of methoxy groups -OCH3 is 1. The van der Waals surface area contributed by atoms with E-state index in [0.29, 0.717) is 16.5 Å². The van der Waals surface area contributed by atoms with Crippen molar-refractivity contribution in [1.82, 2.24) is 0 Å². The van der Waals surface area contributed by atoms with E-state index in [1.54, 1.807) is 35.6 Å². The molecule has 1 aromatic heterocycles. The second-order valence-corrected chi connectivity index (χ2v) is 8.91. The van der Waals surface area contributed by atoms with Gasteiger partial charge < -0.3 is 10.1 Å². The molecule has 132 valence electrons. The van der Waals surface area contributed by atoms with Gasteiger partial charge in [-0.1, -0.05) is 19.9 Å². The molecule has 1 N–H and O–H groups in total. The highest BCUT2D eigenvalue weighted by atomic mass is 79.9. The van der Waals surface area contributed by atoms with Gasteiger partial charge in [-0.05, 0) is 64.4 Å². The largest absolute Gasteiger partial charge is 0.465 e. The van der Waals surface area contributed by atoms with Crippen molar-refractivity contribution in [1.29, 1.82) is 0 Å². The fourth-order valence-electron chi connectivity index (χ4n) is 3.03. The van der Waals surface area contributed by atoms with E-state index in [1.165, 1.54) is 17.6 Å². The van der Waals surface area contributed by atoms with Gasteiger partial charge in [0.05, 0.1) is 17.1 Å². The highest BCUT2D eigenvalue weighted by Crippen LogP contribution is 2.46. The maximum Gasteiger partial charge on any atom is 0.337 e. The molecule has 0 spiro atoms. The molecule has 1 amide bonds. The molecule has 1 aliphatic rings. The molecule has 0 radical (unpaired) electrons. The highest BCUT2D eigenvalue weighted by molar-refractivity contribution is 9.10. The third kappa shape index (κ3) is 3.80. The molecule has 0 atom stereocenters. The Balaban J connectivity index is 1.83. The number of carbonyl (C=O) groups is 2. The van der Waals surface area contributed by atoms with E-state index in [-0.39, 0.29) is 5.91 Å². The van der Waals surface area contributed by atoms with Crippen LogP contribution in [0.25, 0.3) is 0 Å². The van der Waals surface area contributed by atoms with Crippen molar-refractivity contribution in [3.05, 3.63) is 50.3 Å². The van der Waals surface area contributed by atoms with Gasteiger partial charge in [-0.2, -0.15) is 0 Å². The van der Waals surface area contributed by atoms with Crippen molar-refractivity contribution in [2.75, 3.05) is 12.4 Å². The van der Waals surface area contributed by atoms with Crippen LogP contribution in [0.5, 0.6) is 0 Å². The molecule has 0 saturated heterocycles. The number of hydrogen-bond donors (Lipinski definition) is 1. The SMILES string of the molecule is COC(=O)c1cccc(C(=O)Nc2sc3c(c2Br)CCC(C)(C)C3)c1. The monoisotopic (exact) mass is 421 g/mol. The van der Waals surface area contributed by atoms with Crippen molar-refractivity contribution in [3.63, 3.8) is 0 Å². The van der Waals surface area contributed by atoms with Gasteiger partial charge in [0.2, 0.25) is 0 Å². The predicted octanol–water partition coefficient (Wildman–Crippen LogP) is 5.06. The summed E-state index contributed by atoms with van der Waals surface area (Å²) in [6, 6.07) is 6.54. The standard InChI is InChI=1S/C19H20BrNO3S/c1-19(2)8-7-13-14(10-19)25-17(15(13)20)21-16(22)11-5-4-6-12(9-11)18(23)24-3/h4-6,9H,7-8,10H2,1-3H3,(H,21,22). The molecule has 0 bridgehead atoms. The zero-order valence-corrected chi connectivity index (χ0v) is 16.8. The summed E-state index contributed by atoms with van der Waals surface area (Å²) in [5.74, 6) is -0.686. The second kappa shape index (κ2) is 6.92. The first-order valence-electron chi connectivity index (χ1n) is 8.10. The number of rotatable bonds is 3. The van der Waals surface area contributed by atoms with Crippen LogP contribution in [0.3, 0.4) is 0 Å². The summed E-state index contributed by atoms with van der Waals surface area (Å²) in [7, 11) is 1.32. The smallest absolute Gasteiger partial charge is 0.337 e. The van der Waals surface area contributed by atoms with Crippen LogP contribution < -0.4 is 5.32 Å². The molecular formula is C19H20BrNO3S. The molecule has 25 heavy (non-hydrogen) atoms. The summed E-state index contributed by atoms with van der Waals surface area (Å²) < 4.78 is 5.69. The first-order valence-corrected chi connectivity index (χ1v) is 9.71. The summed E-state index contributed by atoms with van der Waals surface area (Å²) in [6.07, 6.45) is 3.19. The molecule has 4 nitrogen and oxygen atoms in total. The highest BCUT2D eigenvalue weighted by Gasteiger charge is 2.30. The number of carbonyl (C=O) groups excluding carboxylic acids is 2. The first kappa shape index (κ1) is 18.1. The molecule has 2 aromatic rings. The summed E-state index contributed by atoms with van der Waals surface area (Å²) in [5.41, 5.74) is 2.40. The molecule has 0 aliphatic heterocycles. The van der Waals surface area contributed by atoms with Gasteiger partial charge in [0, 0.05) is 10.4 Å². The summed E-state index contributed by atoms with van der Waals surface area (Å²) in [6.45, 7) is 4.56. The third-order valence-corrected chi connectivity index (χ3v) is 6.77. The van der Waals surface area contributed by atoms with Gasteiger partial charge in [0.1, 0.15) is 5.00 Å². The van der Waals surface area contributed by atoms with Crippen LogP contribution in [-0.2, 0) is 17.6 Å². The number of anilines is 1.